The van der Waals surface area contributed by atoms with E-state index < -0.39 is 0 Å². The minimum absolute atomic E-state index is 0.0681. The summed E-state index contributed by atoms with van der Waals surface area (Å²) in [6.45, 7) is 7.08. The minimum Gasteiger partial charge on any atom is -0.497 e. The number of carbonyl (C=O) groups excluding carboxylic acids is 1. The molecule has 3 heterocycles. The number of hydrogen-bond acceptors (Lipinski definition) is 5. The fraction of sp³-hybridized carbons (Fsp3) is 0.435. The summed E-state index contributed by atoms with van der Waals surface area (Å²) in [5.74, 6) is 1.10. The number of aromatic nitrogens is 3. The van der Waals surface area contributed by atoms with Crippen molar-refractivity contribution in [3.63, 3.8) is 0 Å². The van der Waals surface area contributed by atoms with Gasteiger partial charge in [-0.3, -0.25) is 4.79 Å². The summed E-state index contributed by atoms with van der Waals surface area (Å²) in [5, 5.41) is 4.83. The maximum atomic E-state index is 13.5. The van der Waals surface area contributed by atoms with Crippen LogP contribution in [0.25, 0.3) is 5.65 Å². The van der Waals surface area contributed by atoms with Gasteiger partial charge in [0.1, 0.15) is 11.5 Å². The van der Waals surface area contributed by atoms with Crippen molar-refractivity contribution >= 4 is 11.6 Å². The standard InChI is InChI=1S/C23H28N4O3/c1-23(2,3)20-14-21-24-11-10-18(27(21)25-20)17-7-6-12-26(17)22(28)16-13-15(29-4)8-9-19(16)30-5/h8-11,13-14,17H,6-7,12H2,1-5H3. The smallest absolute Gasteiger partial charge is 0.258 e. The number of ether oxygens (including phenoxy) is 2. The number of nitrogens with zero attached hydrogens (tertiary/aromatic N) is 4. The van der Waals surface area contributed by atoms with Crippen LogP contribution in [-0.4, -0.2) is 46.2 Å². The van der Waals surface area contributed by atoms with Crippen LogP contribution in [0, 0.1) is 0 Å². The van der Waals surface area contributed by atoms with Crippen molar-refractivity contribution in [3.05, 3.63) is 53.5 Å². The normalized spacial score (nSPS) is 16.8. The first-order chi connectivity index (χ1) is 14.3. The Morgan fingerprint density at radius 1 is 1.13 bits per heavy atom. The Hall–Kier alpha value is -3.09. The average molecular weight is 409 g/mol. The first-order valence-corrected chi connectivity index (χ1v) is 10.2. The highest BCUT2D eigenvalue weighted by atomic mass is 16.5. The molecule has 0 spiro atoms. The van der Waals surface area contributed by atoms with Crippen molar-refractivity contribution in [2.24, 2.45) is 0 Å². The summed E-state index contributed by atoms with van der Waals surface area (Å²) in [4.78, 5) is 19.9. The monoisotopic (exact) mass is 408 g/mol. The van der Waals surface area contributed by atoms with Crippen LogP contribution < -0.4 is 9.47 Å². The highest BCUT2D eigenvalue weighted by Crippen LogP contribution is 2.36. The molecule has 7 nitrogen and oxygen atoms in total. The maximum absolute atomic E-state index is 13.5. The molecule has 7 heteroatoms. The Labute approximate surface area is 176 Å². The van der Waals surface area contributed by atoms with Crippen molar-refractivity contribution in [2.45, 2.75) is 45.1 Å². The molecule has 4 rings (SSSR count). The summed E-state index contributed by atoms with van der Waals surface area (Å²) in [6, 6.07) is 9.21. The number of methoxy groups -OCH3 is 2. The van der Waals surface area contributed by atoms with Gasteiger partial charge in [-0.05, 0) is 37.1 Å². The number of benzene rings is 1. The van der Waals surface area contributed by atoms with E-state index in [9.17, 15) is 4.79 Å². The Balaban J connectivity index is 1.75. The summed E-state index contributed by atoms with van der Waals surface area (Å²) in [6.07, 6.45) is 3.60. The molecule has 1 saturated heterocycles. The van der Waals surface area contributed by atoms with Crippen LogP contribution in [0.15, 0.2) is 36.5 Å². The van der Waals surface area contributed by atoms with Gasteiger partial charge in [0.2, 0.25) is 0 Å². The van der Waals surface area contributed by atoms with E-state index in [1.54, 1.807) is 38.6 Å². The molecule has 158 valence electrons. The van der Waals surface area contributed by atoms with Gasteiger partial charge < -0.3 is 14.4 Å². The van der Waals surface area contributed by atoms with Gasteiger partial charge in [0, 0.05) is 24.2 Å². The van der Waals surface area contributed by atoms with Gasteiger partial charge in [-0.2, -0.15) is 5.10 Å². The fourth-order valence-electron chi connectivity index (χ4n) is 3.99. The Morgan fingerprint density at radius 3 is 2.63 bits per heavy atom. The summed E-state index contributed by atoms with van der Waals surface area (Å²) in [5.41, 5.74) is 3.18. The van der Waals surface area contributed by atoms with E-state index >= 15 is 0 Å². The Bertz CT molecular complexity index is 1080. The van der Waals surface area contributed by atoms with Crippen molar-refractivity contribution < 1.29 is 14.3 Å². The molecule has 2 aromatic heterocycles. The van der Waals surface area contributed by atoms with E-state index in [2.05, 4.69) is 25.8 Å². The van der Waals surface area contributed by atoms with Crippen LogP contribution in [0.2, 0.25) is 0 Å². The lowest BCUT2D eigenvalue weighted by Crippen LogP contribution is -2.32. The van der Waals surface area contributed by atoms with E-state index in [0.717, 1.165) is 29.9 Å². The largest absolute Gasteiger partial charge is 0.497 e. The quantitative estimate of drug-likeness (QED) is 0.652. The number of rotatable bonds is 4. The average Bonchev–Trinajstić information content (AvgIpc) is 3.39. The second-order valence-corrected chi connectivity index (χ2v) is 8.64. The molecule has 1 unspecified atom stereocenters. The van der Waals surface area contributed by atoms with Crippen molar-refractivity contribution in [1.82, 2.24) is 19.5 Å². The molecule has 1 aromatic carbocycles. The second kappa shape index (κ2) is 7.63. The fourth-order valence-corrected chi connectivity index (χ4v) is 3.99. The van der Waals surface area contributed by atoms with Crippen LogP contribution in [0.3, 0.4) is 0 Å². The molecular formula is C23H28N4O3. The van der Waals surface area contributed by atoms with E-state index in [4.69, 9.17) is 14.6 Å². The van der Waals surface area contributed by atoms with Gasteiger partial charge in [-0.1, -0.05) is 20.8 Å². The SMILES string of the molecule is COc1ccc(OC)c(C(=O)N2CCCC2c2ccnc3cc(C(C)(C)C)nn23)c1. The molecule has 0 N–H and O–H groups in total. The van der Waals surface area contributed by atoms with Crippen LogP contribution in [-0.2, 0) is 5.41 Å². The maximum Gasteiger partial charge on any atom is 0.258 e. The lowest BCUT2D eigenvalue weighted by atomic mass is 9.93. The second-order valence-electron chi connectivity index (χ2n) is 8.64. The third kappa shape index (κ3) is 3.49. The first kappa shape index (κ1) is 20.2. The molecular weight excluding hydrogens is 380 g/mol. The first-order valence-electron chi connectivity index (χ1n) is 10.2. The molecule has 1 amide bonds. The van der Waals surface area contributed by atoms with Gasteiger partial charge in [-0.15, -0.1) is 0 Å². The third-order valence-electron chi connectivity index (χ3n) is 5.65. The number of likely N-dealkylation sites (tertiary alicyclic amines) is 1. The van der Waals surface area contributed by atoms with Gasteiger partial charge in [0.05, 0.1) is 37.2 Å². The van der Waals surface area contributed by atoms with Gasteiger partial charge >= 0.3 is 0 Å². The summed E-state index contributed by atoms with van der Waals surface area (Å²) < 4.78 is 12.7. The molecule has 1 atom stereocenters. The summed E-state index contributed by atoms with van der Waals surface area (Å²) >= 11 is 0. The number of carbonyl (C=O) groups is 1. The molecule has 1 aliphatic heterocycles. The zero-order valence-corrected chi connectivity index (χ0v) is 18.2. The molecule has 0 radical (unpaired) electrons. The molecule has 3 aromatic rings. The lowest BCUT2D eigenvalue weighted by molar-refractivity contribution is 0.0727. The summed E-state index contributed by atoms with van der Waals surface area (Å²) in [7, 11) is 3.16. The van der Waals surface area contributed by atoms with E-state index in [0.29, 0.717) is 23.6 Å². The highest BCUT2D eigenvalue weighted by Gasteiger charge is 2.34. The lowest BCUT2D eigenvalue weighted by Gasteiger charge is -2.26. The van der Waals surface area contributed by atoms with Crippen LogP contribution in [0.1, 0.15) is 61.4 Å². The highest BCUT2D eigenvalue weighted by molar-refractivity contribution is 5.97. The predicted molar refractivity (Wildman–Crippen MR) is 114 cm³/mol. The molecule has 1 aliphatic rings. The molecule has 0 bridgehead atoms. The van der Waals surface area contributed by atoms with Gasteiger partial charge in [-0.25, -0.2) is 9.50 Å². The predicted octanol–water partition coefficient (Wildman–Crippen LogP) is 4.02. The van der Waals surface area contributed by atoms with E-state index in [1.165, 1.54) is 0 Å². The van der Waals surface area contributed by atoms with Crippen molar-refractivity contribution in [3.8, 4) is 11.5 Å². The molecule has 0 saturated carbocycles. The molecule has 1 fully saturated rings. The zero-order chi connectivity index (χ0) is 21.5. The third-order valence-corrected chi connectivity index (χ3v) is 5.65. The number of amides is 1. The Morgan fingerprint density at radius 2 is 1.93 bits per heavy atom. The van der Waals surface area contributed by atoms with Crippen LogP contribution >= 0.6 is 0 Å². The van der Waals surface area contributed by atoms with Crippen LogP contribution in [0.5, 0.6) is 11.5 Å². The van der Waals surface area contributed by atoms with Crippen LogP contribution in [0.4, 0.5) is 0 Å². The molecule has 30 heavy (non-hydrogen) atoms. The minimum atomic E-state index is -0.0793. The van der Waals surface area contributed by atoms with E-state index in [1.807, 2.05) is 21.5 Å². The van der Waals surface area contributed by atoms with Gasteiger partial charge in [0.25, 0.3) is 5.91 Å². The number of hydrogen-bond donors (Lipinski definition) is 0. The number of fused-ring (bicyclic) bond motifs is 1. The van der Waals surface area contributed by atoms with E-state index in [-0.39, 0.29) is 17.4 Å². The van der Waals surface area contributed by atoms with Crippen molar-refractivity contribution in [2.75, 3.05) is 20.8 Å². The molecule has 0 aliphatic carbocycles. The zero-order valence-electron chi connectivity index (χ0n) is 18.2. The van der Waals surface area contributed by atoms with Gasteiger partial charge in [0.15, 0.2) is 5.65 Å². The topological polar surface area (TPSA) is 69.0 Å². The Kier molecular flexibility index (Phi) is 5.13. The van der Waals surface area contributed by atoms with Crippen molar-refractivity contribution in [1.29, 1.82) is 0 Å².